The second-order valence-electron chi connectivity index (χ2n) is 2.48. The van der Waals surface area contributed by atoms with Crippen LogP contribution in [-0.2, 0) is 4.79 Å². The van der Waals surface area contributed by atoms with Gasteiger partial charge in [-0.2, -0.15) is 0 Å². The Labute approximate surface area is 76.6 Å². The summed E-state index contributed by atoms with van der Waals surface area (Å²) < 4.78 is 0. The summed E-state index contributed by atoms with van der Waals surface area (Å²) in [5, 5.41) is 17.3. The predicted molar refractivity (Wildman–Crippen MR) is 45.7 cm³/mol. The zero-order valence-corrected chi connectivity index (χ0v) is 7.43. The van der Waals surface area contributed by atoms with Gasteiger partial charge in [0.05, 0.1) is 12.1 Å². The number of rotatable bonds is 1. The molecule has 0 aliphatic rings. The highest BCUT2D eigenvalue weighted by molar-refractivity contribution is 5.68. The minimum absolute atomic E-state index is 1.07. The Bertz CT molecular complexity index is 246. The Kier molecular flexibility index (Phi) is 5.50. The quantitative estimate of drug-likeness (QED) is 0.566. The normalized spacial score (nSPS) is 11.0. The van der Waals surface area contributed by atoms with E-state index in [1.54, 1.807) is 0 Å². The second-order valence-corrected chi connectivity index (χ2v) is 2.48. The first-order valence-electron chi connectivity index (χ1n) is 3.80. The molecule has 13 heavy (non-hydrogen) atoms. The molecule has 1 rings (SSSR count). The fourth-order valence-corrected chi connectivity index (χ4v) is 0.478. The molecule has 0 heterocycles. The first kappa shape index (κ1) is 11.6. The summed E-state index contributed by atoms with van der Waals surface area (Å²) >= 11 is 0. The Balaban J connectivity index is 0.000000226. The van der Waals surface area contributed by atoms with Gasteiger partial charge in [0.2, 0.25) is 0 Å². The maximum absolute atomic E-state index is 9.34. The maximum Gasteiger partial charge on any atom is 0.127 e. The first-order valence-corrected chi connectivity index (χ1v) is 3.80. The molecule has 0 aliphatic carbocycles. The van der Waals surface area contributed by atoms with Gasteiger partial charge < -0.3 is 20.7 Å². The van der Waals surface area contributed by atoms with Gasteiger partial charge in [-0.25, -0.2) is 0 Å². The lowest BCUT2D eigenvalue weighted by Crippen LogP contribution is -2.39. The van der Waals surface area contributed by atoms with Crippen LogP contribution in [-0.4, -0.2) is 17.2 Å². The minimum atomic E-state index is -1.44. The van der Waals surface area contributed by atoms with Crippen molar-refractivity contribution >= 4 is 11.7 Å². The molecule has 0 aliphatic heterocycles. The summed E-state index contributed by atoms with van der Waals surface area (Å²) in [5.41, 5.74) is 4.79. The Morgan fingerprint density at radius 2 is 1.85 bits per heavy atom. The van der Waals surface area contributed by atoms with Gasteiger partial charge in [-0.1, -0.05) is 18.2 Å². The molecule has 0 fully saturated rings. The lowest BCUT2D eigenvalue weighted by Gasteiger charge is -2.00. The molecule has 0 aromatic heterocycles. The number of carbonyl (C=O) groups excluding carboxylic acids is 1. The van der Waals surface area contributed by atoms with Crippen molar-refractivity contribution in [3.63, 3.8) is 0 Å². The summed E-state index contributed by atoms with van der Waals surface area (Å²) in [6.45, 7) is 1.13. The highest BCUT2D eigenvalue weighted by Crippen LogP contribution is 1.93. The van der Waals surface area contributed by atoms with E-state index >= 15 is 0 Å². The summed E-state index contributed by atoms with van der Waals surface area (Å²) in [5.74, 6) is -1.44. The Morgan fingerprint density at radius 1 is 1.46 bits per heavy atom. The fraction of sp³-hybridized carbons (Fsp3) is 0.222. The molecule has 0 saturated carbocycles. The number of quaternary nitrogens is 1. The summed E-state index contributed by atoms with van der Waals surface area (Å²) in [6.07, 6.45) is -1.34. The van der Waals surface area contributed by atoms with Crippen molar-refractivity contribution in [2.75, 3.05) is 0 Å². The molecule has 1 unspecified atom stereocenters. The molecule has 0 spiro atoms. The number of aliphatic hydroxyl groups is 1. The van der Waals surface area contributed by atoms with Crippen molar-refractivity contribution in [1.29, 1.82) is 0 Å². The van der Waals surface area contributed by atoms with Crippen LogP contribution in [0.15, 0.2) is 30.3 Å². The molecule has 1 aromatic carbocycles. The number of aliphatic hydroxyl groups excluding tert-OH is 1. The van der Waals surface area contributed by atoms with Crippen LogP contribution < -0.4 is 10.8 Å². The zero-order chi connectivity index (χ0) is 10.3. The molecule has 0 saturated heterocycles. The first-order chi connectivity index (χ1) is 6.04. The van der Waals surface area contributed by atoms with E-state index < -0.39 is 12.1 Å². The number of hydrogen-bond donors (Lipinski definition) is 2. The molecule has 4 nitrogen and oxygen atoms in total. The highest BCUT2D eigenvalue weighted by atomic mass is 16.4. The van der Waals surface area contributed by atoms with E-state index in [1.807, 2.05) is 30.3 Å². The molecule has 4 heteroatoms. The number of carboxylic acids is 1. The third-order valence-corrected chi connectivity index (χ3v) is 1.18. The lowest BCUT2D eigenvalue weighted by molar-refractivity contribution is -0.314. The molecule has 0 bridgehead atoms. The fourth-order valence-electron chi connectivity index (χ4n) is 0.478. The standard InChI is InChI=1S/C6H7N.C3H6O3/c7-6-4-2-1-3-5-6;1-2(4)3(5)6/h1-5H,7H2;2,4H,1H3,(H,5,6). The van der Waals surface area contributed by atoms with E-state index in [0.717, 1.165) is 12.6 Å². The molecular formula is C9H13NO3. The Hall–Kier alpha value is -1.39. The van der Waals surface area contributed by atoms with Crippen LogP contribution in [0.25, 0.3) is 0 Å². The van der Waals surface area contributed by atoms with E-state index in [2.05, 4.69) is 5.73 Å². The van der Waals surface area contributed by atoms with E-state index in [-0.39, 0.29) is 0 Å². The van der Waals surface area contributed by atoms with Crippen LogP contribution in [0.5, 0.6) is 0 Å². The van der Waals surface area contributed by atoms with Crippen LogP contribution in [0.1, 0.15) is 6.92 Å². The SMILES string of the molecule is CC(O)C(=O)[O-].[NH3+]c1ccccc1. The van der Waals surface area contributed by atoms with Gasteiger partial charge >= 0.3 is 0 Å². The van der Waals surface area contributed by atoms with Crippen molar-refractivity contribution in [1.82, 2.24) is 0 Å². The smallest absolute Gasteiger partial charge is 0.127 e. The molecule has 1 atom stereocenters. The molecule has 4 N–H and O–H groups in total. The van der Waals surface area contributed by atoms with Crippen LogP contribution in [0.3, 0.4) is 0 Å². The van der Waals surface area contributed by atoms with E-state index in [4.69, 9.17) is 5.11 Å². The van der Waals surface area contributed by atoms with Crippen molar-refractivity contribution < 1.29 is 20.7 Å². The van der Waals surface area contributed by atoms with Gasteiger partial charge in [0.15, 0.2) is 0 Å². The van der Waals surface area contributed by atoms with E-state index in [1.165, 1.54) is 0 Å². The zero-order valence-electron chi connectivity index (χ0n) is 7.43. The van der Waals surface area contributed by atoms with Gasteiger partial charge in [0.1, 0.15) is 5.69 Å². The van der Waals surface area contributed by atoms with Gasteiger partial charge in [-0.15, -0.1) is 0 Å². The average Bonchev–Trinajstić information content (AvgIpc) is 2.06. The van der Waals surface area contributed by atoms with Crippen LogP contribution in [0.4, 0.5) is 5.69 Å². The van der Waals surface area contributed by atoms with Gasteiger partial charge in [0.25, 0.3) is 0 Å². The summed E-state index contributed by atoms with van der Waals surface area (Å²) in [6, 6.07) is 9.87. The van der Waals surface area contributed by atoms with Crippen molar-refractivity contribution in [2.45, 2.75) is 13.0 Å². The van der Waals surface area contributed by atoms with E-state index in [9.17, 15) is 9.90 Å². The Morgan fingerprint density at radius 3 is 2.00 bits per heavy atom. The molecule has 0 amide bonds. The van der Waals surface area contributed by atoms with E-state index in [0.29, 0.717) is 0 Å². The summed E-state index contributed by atoms with van der Waals surface area (Å²) in [7, 11) is 0. The van der Waals surface area contributed by atoms with Crippen molar-refractivity contribution in [2.24, 2.45) is 0 Å². The minimum Gasteiger partial charge on any atom is -0.547 e. The topological polar surface area (TPSA) is 88.0 Å². The number of aliphatic carboxylic acids is 1. The van der Waals surface area contributed by atoms with Crippen LogP contribution in [0.2, 0.25) is 0 Å². The molecule has 0 radical (unpaired) electrons. The summed E-state index contributed by atoms with van der Waals surface area (Å²) in [4.78, 5) is 9.34. The largest absolute Gasteiger partial charge is 0.547 e. The van der Waals surface area contributed by atoms with Crippen molar-refractivity contribution in [3.05, 3.63) is 30.3 Å². The third kappa shape index (κ3) is 6.99. The number of hydrogen-bond acceptors (Lipinski definition) is 3. The average molecular weight is 183 g/mol. The van der Waals surface area contributed by atoms with Gasteiger partial charge in [-0.3, -0.25) is 0 Å². The second kappa shape index (κ2) is 6.16. The van der Waals surface area contributed by atoms with Gasteiger partial charge in [0, 0.05) is 0 Å². The third-order valence-electron chi connectivity index (χ3n) is 1.18. The number of benzene rings is 1. The molecule has 72 valence electrons. The van der Waals surface area contributed by atoms with Gasteiger partial charge in [-0.05, 0) is 19.1 Å². The number of carboxylic acid groups (broad SMARTS) is 1. The lowest BCUT2D eigenvalue weighted by atomic mass is 10.3. The van der Waals surface area contributed by atoms with Crippen molar-refractivity contribution in [3.8, 4) is 0 Å². The molecular weight excluding hydrogens is 170 g/mol. The highest BCUT2D eigenvalue weighted by Gasteiger charge is 1.89. The van der Waals surface area contributed by atoms with Crippen LogP contribution >= 0.6 is 0 Å². The molecule has 1 aromatic rings. The van der Waals surface area contributed by atoms with Crippen LogP contribution in [0, 0.1) is 0 Å². The maximum atomic E-state index is 9.34. The number of carbonyl (C=O) groups is 1. The predicted octanol–water partition coefficient (Wildman–Crippen LogP) is -1.32. The monoisotopic (exact) mass is 183 g/mol.